The Morgan fingerprint density at radius 2 is 1.90 bits per heavy atom. The van der Waals surface area contributed by atoms with Crippen LogP contribution in [0.3, 0.4) is 0 Å². The number of hydrogen-bond donors (Lipinski definition) is 0. The highest BCUT2D eigenvalue weighted by molar-refractivity contribution is 6.06. The van der Waals surface area contributed by atoms with Gasteiger partial charge in [-0.25, -0.2) is 9.59 Å². The molecule has 1 rings (SSSR count). The van der Waals surface area contributed by atoms with E-state index in [2.05, 4.69) is 4.74 Å². The number of ether oxygens (including phenoxy) is 3. The second kappa shape index (κ2) is 7.39. The van der Waals surface area contributed by atoms with E-state index < -0.39 is 29.9 Å². The molecular weight excluding hydrogens is 270 g/mol. The minimum absolute atomic E-state index is 0.111. The van der Waals surface area contributed by atoms with Gasteiger partial charge in [-0.2, -0.15) is 0 Å². The van der Waals surface area contributed by atoms with Crippen LogP contribution in [0.2, 0.25) is 0 Å². The summed E-state index contributed by atoms with van der Waals surface area (Å²) in [5.41, 5.74) is 0. The normalized spacial score (nSPS) is 18.7. The molecule has 1 heterocycles. The Balaban J connectivity index is 2.55. The predicted octanol–water partition coefficient (Wildman–Crippen LogP) is -0.967. The highest BCUT2D eigenvalue weighted by Gasteiger charge is 2.40. The van der Waals surface area contributed by atoms with Crippen LogP contribution >= 0.6 is 0 Å². The molecule has 0 spiro atoms. The average Bonchev–Trinajstić information content (AvgIpc) is 2.68. The van der Waals surface area contributed by atoms with Crippen molar-refractivity contribution in [3.8, 4) is 0 Å². The zero-order chi connectivity index (χ0) is 15.1. The molecule has 0 bridgehead atoms. The molecule has 20 heavy (non-hydrogen) atoms. The number of nitrogens with zero attached hydrogens (tertiary/aromatic N) is 1. The smallest absolute Gasteiger partial charge is 0.331 e. The van der Waals surface area contributed by atoms with Crippen LogP contribution in [0.15, 0.2) is 12.2 Å². The minimum Gasteiger partial charge on any atom is -0.466 e. The number of likely N-dealkylation sites (tertiary alicyclic amines) is 1. The van der Waals surface area contributed by atoms with E-state index in [1.165, 1.54) is 7.11 Å². The van der Waals surface area contributed by atoms with Gasteiger partial charge in [-0.1, -0.05) is 0 Å². The molecule has 110 valence electrons. The summed E-state index contributed by atoms with van der Waals surface area (Å²) in [7, 11) is 2.60. The van der Waals surface area contributed by atoms with Crippen molar-refractivity contribution in [2.45, 2.75) is 12.5 Å². The van der Waals surface area contributed by atoms with Crippen LogP contribution in [-0.4, -0.2) is 62.1 Å². The minimum atomic E-state index is -1.16. The predicted molar refractivity (Wildman–Crippen MR) is 64.2 cm³/mol. The Morgan fingerprint density at radius 3 is 2.50 bits per heavy atom. The van der Waals surface area contributed by atoms with Gasteiger partial charge in [0.15, 0.2) is 6.10 Å². The lowest BCUT2D eigenvalue weighted by molar-refractivity contribution is -0.152. The standard InChI is InChI=1S/C12H15NO7/c1-18-6-5-13-9(14)7-8(12(13)17)20-11(16)4-3-10(15)19-2/h3-4,8H,5-7H2,1-2H3/b4-3+. The van der Waals surface area contributed by atoms with E-state index in [1.54, 1.807) is 0 Å². The van der Waals surface area contributed by atoms with E-state index in [1.807, 2.05) is 0 Å². The van der Waals surface area contributed by atoms with Gasteiger partial charge in [-0.05, 0) is 0 Å². The summed E-state index contributed by atoms with van der Waals surface area (Å²) in [5.74, 6) is -2.64. The molecule has 1 atom stereocenters. The van der Waals surface area contributed by atoms with Crippen molar-refractivity contribution in [2.24, 2.45) is 0 Å². The molecule has 0 N–H and O–H groups in total. The van der Waals surface area contributed by atoms with Crippen LogP contribution in [0.5, 0.6) is 0 Å². The summed E-state index contributed by atoms with van der Waals surface area (Å²) in [6.45, 7) is 0.320. The molecule has 0 aromatic rings. The van der Waals surface area contributed by atoms with Crippen molar-refractivity contribution in [1.82, 2.24) is 4.90 Å². The van der Waals surface area contributed by atoms with Crippen molar-refractivity contribution < 1.29 is 33.4 Å². The molecule has 0 radical (unpaired) electrons. The number of carbonyl (C=O) groups is 4. The Labute approximate surface area is 115 Å². The van der Waals surface area contributed by atoms with Gasteiger partial charge in [-0.3, -0.25) is 14.5 Å². The number of imide groups is 1. The molecule has 1 aliphatic heterocycles. The molecule has 1 fully saturated rings. The van der Waals surface area contributed by atoms with Crippen molar-refractivity contribution in [1.29, 1.82) is 0 Å². The third-order valence-electron chi connectivity index (χ3n) is 2.54. The van der Waals surface area contributed by atoms with Gasteiger partial charge in [0.2, 0.25) is 5.91 Å². The number of methoxy groups -OCH3 is 2. The number of carbonyl (C=O) groups excluding carboxylic acids is 4. The number of amides is 2. The Hall–Kier alpha value is -2.22. The van der Waals surface area contributed by atoms with E-state index >= 15 is 0 Å². The van der Waals surface area contributed by atoms with Gasteiger partial charge in [0.1, 0.15) is 0 Å². The first-order chi connectivity index (χ1) is 9.49. The third-order valence-corrected chi connectivity index (χ3v) is 2.54. The number of rotatable bonds is 6. The zero-order valence-electron chi connectivity index (χ0n) is 11.2. The Bertz CT molecular complexity index is 443. The SMILES string of the molecule is COCCN1C(=O)CC(OC(=O)/C=C/C(=O)OC)C1=O. The Morgan fingerprint density at radius 1 is 1.25 bits per heavy atom. The molecular formula is C12H15NO7. The first kappa shape index (κ1) is 15.8. The molecule has 8 heteroatoms. The second-order valence-electron chi connectivity index (χ2n) is 3.86. The summed E-state index contributed by atoms with van der Waals surface area (Å²) in [4.78, 5) is 46.5. The van der Waals surface area contributed by atoms with Crippen LogP contribution in [0.4, 0.5) is 0 Å². The average molecular weight is 285 g/mol. The summed E-state index contributed by atoms with van der Waals surface area (Å²) in [6.07, 6.45) is 0.336. The summed E-state index contributed by atoms with van der Waals surface area (Å²) < 4.78 is 13.9. The van der Waals surface area contributed by atoms with E-state index in [-0.39, 0.29) is 19.6 Å². The fourth-order valence-electron chi connectivity index (χ4n) is 1.55. The summed E-state index contributed by atoms with van der Waals surface area (Å²) in [6, 6.07) is 0. The largest absolute Gasteiger partial charge is 0.466 e. The molecule has 8 nitrogen and oxygen atoms in total. The summed E-state index contributed by atoms with van der Waals surface area (Å²) >= 11 is 0. The first-order valence-corrected chi connectivity index (χ1v) is 5.79. The molecule has 1 aliphatic rings. The van der Waals surface area contributed by atoms with Crippen LogP contribution in [0.25, 0.3) is 0 Å². The van der Waals surface area contributed by atoms with Crippen molar-refractivity contribution >= 4 is 23.8 Å². The van der Waals surface area contributed by atoms with Gasteiger partial charge in [0.05, 0.1) is 26.7 Å². The molecule has 2 amide bonds. The van der Waals surface area contributed by atoms with Crippen molar-refractivity contribution in [2.75, 3.05) is 27.4 Å². The molecule has 0 aliphatic carbocycles. The maximum Gasteiger partial charge on any atom is 0.331 e. The molecule has 0 saturated carbocycles. The highest BCUT2D eigenvalue weighted by atomic mass is 16.6. The molecule has 1 saturated heterocycles. The second-order valence-corrected chi connectivity index (χ2v) is 3.86. The number of hydrogen-bond acceptors (Lipinski definition) is 7. The van der Waals surface area contributed by atoms with Crippen LogP contribution in [0, 0.1) is 0 Å². The van der Waals surface area contributed by atoms with Crippen LogP contribution in [-0.2, 0) is 33.4 Å². The van der Waals surface area contributed by atoms with Crippen LogP contribution in [0.1, 0.15) is 6.42 Å². The number of esters is 2. The quantitative estimate of drug-likeness (QED) is 0.352. The third kappa shape index (κ3) is 4.16. The fraction of sp³-hybridized carbons (Fsp3) is 0.500. The molecule has 1 unspecified atom stereocenters. The van der Waals surface area contributed by atoms with E-state index in [9.17, 15) is 19.2 Å². The maximum absolute atomic E-state index is 11.8. The van der Waals surface area contributed by atoms with E-state index in [4.69, 9.17) is 9.47 Å². The van der Waals surface area contributed by atoms with Gasteiger partial charge >= 0.3 is 11.9 Å². The monoisotopic (exact) mass is 285 g/mol. The van der Waals surface area contributed by atoms with Gasteiger partial charge < -0.3 is 14.2 Å². The summed E-state index contributed by atoms with van der Waals surface area (Å²) in [5, 5.41) is 0. The topological polar surface area (TPSA) is 99.2 Å². The maximum atomic E-state index is 11.8. The molecule has 0 aromatic carbocycles. The van der Waals surface area contributed by atoms with Gasteiger partial charge in [-0.15, -0.1) is 0 Å². The lowest BCUT2D eigenvalue weighted by atomic mass is 10.3. The fourth-order valence-corrected chi connectivity index (χ4v) is 1.55. The van der Waals surface area contributed by atoms with Crippen molar-refractivity contribution in [3.05, 3.63) is 12.2 Å². The Kier molecular flexibility index (Phi) is 5.85. The lowest BCUT2D eigenvalue weighted by Gasteiger charge is -2.13. The van der Waals surface area contributed by atoms with Gasteiger partial charge in [0.25, 0.3) is 5.91 Å². The van der Waals surface area contributed by atoms with E-state index in [0.29, 0.717) is 0 Å². The van der Waals surface area contributed by atoms with E-state index in [0.717, 1.165) is 24.2 Å². The van der Waals surface area contributed by atoms with Crippen LogP contribution < -0.4 is 0 Å². The molecule has 0 aromatic heterocycles. The first-order valence-electron chi connectivity index (χ1n) is 5.79. The lowest BCUT2D eigenvalue weighted by Crippen LogP contribution is -2.35. The zero-order valence-corrected chi connectivity index (χ0v) is 11.2. The van der Waals surface area contributed by atoms with Crippen molar-refractivity contribution in [3.63, 3.8) is 0 Å². The highest BCUT2D eigenvalue weighted by Crippen LogP contribution is 2.16. The van der Waals surface area contributed by atoms with Gasteiger partial charge in [0, 0.05) is 19.3 Å².